The fraction of sp³-hybridized carbons (Fsp3) is 0.389. The topological polar surface area (TPSA) is 48.9 Å². The highest BCUT2D eigenvalue weighted by atomic mass is 32.1. The zero-order chi connectivity index (χ0) is 17.2. The van der Waals surface area contributed by atoms with Gasteiger partial charge in [-0.15, -0.1) is 11.3 Å². The molecule has 1 heterocycles. The molecule has 1 aromatic heterocycles. The van der Waals surface area contributed by atoms with Crippen molar-refractivity contribution in [3.05, 3.63) is 52.2 Å². The molecule has 1 aromatic carbocycles. The van der Waals surface area contributed by atoms with Gasteiger partial charge in [0.15, 0.2) is 5.96 Å². The van der Waals surface area contributed by atoms with Crippen LogP contribution in [0, 0.1) is 0 Å². The van der Waals surface area contributed by atoms with Gasteiger partial charge in [0.05, 0.1) is 6.54 Å². The summed E-state index contributed by atoms with van der Waals surface area (Å²) < 4.78 is 5.77. The number of nitrogens with one attached hydrogen (secondary N) is 2. The van der Waals surface area contributed by atoms with Gasteiger partial charge in [-0.25, -0.2) is 0 Å². The van der Waals surface area contributed by atoms with Crippen LogP contribution in [0.15, 0.2) is 46.8 Å². The van der Waals surface area contributed by atoms with Crippen LogP contribution in [0.25, 0.3) is 0 Å². The van der Waals surface area contributed by atoms with Crippen LogP contribution in [0.5, 0.6) is 5.75 Å². The summed E-state index contributed by atoms with van der Waals surface area (Å²) in [6.45, 7) is 3.08. The van der Waals surface area contributed by atoms with Crippen LogP contribution in [-0.2, 0) is 13.1 Å². The molecule has 0 unspecified atom stereocenters. The van der Waals surface area contributed by atoms with E-state index < -0.39 is 0 Å². The van der Waals surface area contributed by atoms with E-state index in [1.165, 1.54) is 4.88 Å². The monoisotopic (exact) mass is 346 g/mol. The Morgan fingerprint density at radius 3 is 2.71 bits per heavy atom. The Balaban J connectivity index is 1.79. The standard InChI is InChI=1S/C18H26N4OS/c1-19-18(21-14-17-8-5-11-24-17)20-13-15-6-4-7-16(12-15)23-10-9-22(2)3/h4-8,11-12H,9-10,13-14H2,1-3H3,(H2,19,20,21). The van der Waals surface area contributed by atoms with Gasteiger partial charge in [0.25, 0.3) is 0 Å². The summed E-state index contributed by atoms with van der Waals surface area (Å²) in [6, 6.07) is 12.3. The first kappa shape index (κ1) is 18.3. The average molecular weight is 347 g/mol. The highest BCUT2D eigenvalue weighted by Crippen LogP contribution is 2.13. The molecular formula is C18H26N4OS. The van der Waals surface area contributed by atoms with Crippen LogP contribution in [-0.4, -0.2) is 45.2 Å². The summed E-state index contributed by atoms with van der Waals surface area (Å²) >= 11 is 1.74. The van der Waals surface area contributed by atoms with Crippen molar-refractivity contribution in [1.29, 1.82) is 0 Å². The van der Waals surface area contributed by atoms with E-state index in [0.717, 1.165) is 30.4 Å². The number of likely N-dealkylation sites (N-methyl/N-ethyl adjacent to an activating group) is 1. The summed E-state index contributed by atoms with van der Waals surface area (Å²) in [6.07, 6.45) is 0. The summed E-state index contributed by atoms with van der Waals surface area (Å²) in [5, 5.41) is 8.72. The van der Waals surface area contributed by atoms with Crippen molar-refractivity contribution in [2.45, 2.75) is 13.1 Å². The van der Waals surface area contributed by atoms with Gasteiger partial charge in [-0.2, -0.15) is 0 Å². The van der Waals surface area contributed by atoms with Gasteiger partial charge in [0.2, 0.25) is 0 Å². The number of rotatable bonds is 8. The van der Waals surface area contributed by atoms with E-state index in [1.807, 2.05) is 26.2 Å². The molecule has 2 N–H and O–H groups in total. The van der Waals surface area contributed by atoms with Gasteiger partial charge in [0.1, 0.15) is 12.4 Å². The van der Waals surface area contributed by atoms with Gasteiger partial charge in [-0.1, -0.05) is 18.2 Å². The molecule has 0 fully saturated rings. The fourth-order valence-corrected chi connectivity index (χ4v) is 2.73. The second-order valence-electron chi connectivity index (χ2n) is 5.66. The maximum atomic E-state index is 5.77. The maximum absolute atomic E-state index is 5.77. The van der Waals surface area contributed by atoms with Gasteiger partial charge in [0, 0.05) is 25.0 Å². The van der Waals surface area contributed by atoms with Crippen LogP contribution in [0.4, 0.5) is 0 Å². The second kappa shape index (κ2) is 9.95. The highest BCUT2D eigenvalue weighted by molar-refractivity contribution is 7.09. The Bertz CT molecular complexity index is 626. The molecule has 6 heteroatoms. The van der Waals surface area contributed by atoms with Crippen LogP contribution >= 0.6 is 11.3 Å². The molecule has 2 aromatic rings. The van der Waals surface area contributed by atoms with Crippen LogP contribution in [0.3, 0.4) is 0 Å². The van der Waals surface area contributed by atoms with Crippen LogP contribution in [0.2, 0.25) is 0 Å². The fourth-order valence-electron chi connectivity index (χ4n) is 2.08. The lowest BCUT2D eigenvalue weighted by Gasteiger charge is -2.13. The predicted octanol–water partition coefficient (Wildman–Crippen LogP) is 2.55. The minimum atomic E-state index is 0.688. The molecule has 0 aliphatic rings. The zero-order valence-electron chi connectivity index (χ0n) is 14.6. The zero-order valence-corrected chi connectivity index (χ0v) is 15.4. The quantitative estimate of drug-likeness (QED) is 0.570. The van der Waals surface area contributed by atoms with E-state index in [-0.39, 0.29) is 0 Å². The number of benzene rings is 1. The van der Waals surface area contributed by atoms with E-state index in [0.29, 0.717) is 13.2 Å². The molecule has 0 spiro atoms. The van der Waals surface area contributed by atoms with E-state index in [4.69, 9.17) is 4.74 Å². The van der Waals surface area contributed by atoms with Crippen molar-refractivity contribution >= 4 is 17.3 Å². The highest BCUT2D eigenvalue weighted by Gasteiger charge is 2.01. The Labute approximate surface area is 148 Å². The van der Waals surface area contributed by atoms with Crippen molar-refractivity contribution in [3.63, 3.8) is 0 Å². The van der Waals surface area contributed by atoms with Gasteiger partial charge in [-0.05, 0) is 43.2 Å². The number of aliphatic imine (C=N–C) groups is 1. The van der Waals surface area contributed by atoms with Crippen LogP contribution in [0.1, 0.15) is 10.4 Å². The summed E-state index contributed by atoms with van der Waals surface area (Å²) in [5.74, 6) is 1.69. The molecule has 0 aliphatic heterocycles. The van der Waals surface area contributed by atoms with Gasteiger partial charge < -0.3 is 20.3 Å². The second-order valence-corrected chi connectivity index (χ2v) is 6.69. The lowest BCUT2D eigenvalue weighted by molar-refractivity contribution is 0.261. The first-order valence-corrected chi connectivity index (χ1v) is 8.88. The Morgan fingerprint density at radius 2 is 2.00 bits per heavy atom. The number of guanidine groups is 1. The molecule has 0 radical (unpaired) electrons. The summed E-state index contributed by atoms with van der Waals surface area (Å²) in [4.78, 5) is 7.65. The summed E-state index contributed by atoms with van der Waals surface area (Å²) in [7, 11) is 5.86. The van der Waals surface area contributed by atoms with E-state index in [2.05, 4.69) is 50.2 Å². The first-order chi connectivity index (χ1) is 11.7. The minimum absolute atomic E-state index is 0.688. The number of thiophene rings is 1. The molecular weight excluding hydrogens is 320 g/mol. The van der Waals surface area contributed by atoms with Crippen LogP contribution < -0.4 is 15.4 Å². The SMILES string of the molecule is CN=C(NCc1cccc(OCCN(C)C)c1)NCc1cccs1. The molecule has 0 amide bonds. The molecule has 24 heavy (non-hydrogen) atoms. The average Bonchev–Trinajstić information content (AvgIpc) is 3.08. The smallest absolute Gasteiger partial charge is 0.191 e. The lowest BCUT2D eigenvalue weighted by atomic mass is 10.2. The first-order valence-electron chi connectivity index (χ1n) is 8.01. The van der Waals surface area contributed by atoms with Gasteiger partial charge >= 0.3 is 0 Å². The Hall–Kier alpha value is -2.05. The van der Waals surface area contributed by atoms with Gasteiger partial charge in [-0.3, -0.25) is 4.99 Å². The Kier molecular flexibility index (Phi) is 7.58. The molecule has 0 bridgehead atoms. The molecule has 0 atom stereocenters. The van der Waals surface area contributed by atoms with E-state index in [9.17, 15) is 0 Å². The lowest BCUT2D eigenvalue weighted by Crippen LogP contribution is -2.36. The number of nitrogens with zero attached hydrogens (tertiary/aromatic N) is 2. The minimum Gasteiger partial charge on any atom is -0.492 e. The largest absolute Gasteiger partial charge is 0.492 e. The molecule has 0 saturated carbocycles. The van der Waals surface area contributed by atoms with E-state index in [1.54, 1.807) is 18.4 Å². The van der Waals surface area contributed by atoms with Crippen molar-refractivity contribution in [2.24, 2.45) is 4.99 Å². The van der Waals surface area contributed by atoms with E-state index >= 15 is 0 Å². The summed E-state index contributed by atoms with van der Waals surface area (Å²) in [5.41, 5.74) is 1.16. The maximum Gasteiger partial charge on any atom is 0.191 e. The van der Waals surface area contributed by atoms with Crippen molar-refractivity contribution in [2.75, 3.05) is 34.3 Å². The molecule has 2 rings (SSSR count). The number of hydrogen-bond donors (Lipinski definition) is 2. The third kappa shape index (κ3) is 6.60. The number of ether oxygens (including phenoxy) is 1. The number of hydrogen-bond acceptors (Lipinski definition) is 4. The molecule has 0 aliphatic carbocycles. The Morgan fingerprint density at radius 1 is 1.17 bits per heavy atom. The molecule has 0 saturated heterocycles. The molecule has 130 valence electrons. The predicted molar refractivity (Wildman–Crippen MR) is 102 cm³/mol. The third-order valence-corrected chi connectivity index (χ3v) is 4.28. The van der Waals surface area contributed by atoms with Crippen molar-refractivity contribution in [3.8, 4) is 5.75 Å². The normalized spacial score (nSPS) is 11.6. The van der Waals surface area contributed by atoms with Crippen molar-refractivity contribution < 1.29 is 4.74 Å². The third-order valence-electron chi connectivity index (χ3n) is 3.40. The molecule has 5 nitrogen and oxygen atoms in total. The van der Waals surface area contributed by atoms with Crippen molar-refractivity contribution in [1.82, 2.24) is 15.5 Å².